The minimum Gasteiger partial charge on any atom is -0.353 e. The molecule has 2 aliphatic rings. The first-order valence-electron chi connectivity index (χ1n) is 11.7. The molecular weight excluding hydrogens is 478 g/mol. The molecule has 0 unspecified atom stereocenters. The van der Waals surface area contributed by atoms with E-state index in [0.717, 1.165) is 52.0 Å². The van der Waals surface area contributed by atoms with Crippen molar-refractivity contribution in [3.05, 3.63) is 57.5 Å². The Morgan fingerprint density at radius 2 is 2.00 bits per heavy atom. The van der Waals surface area contributed by atoms with Crippen molar-refractivity contribution in [3.8, 4) is 0 Å². The largest absolute Gasteiger partial charge is 0.353 e. The number of aromatic nitrogens is 1. The van der Waals surface area contributed by atoms with Crippen molar-refractivity contribution in [1.29, 1.82) is 0 Å². The monoisotopic (exact) mass is 510 g/mol. The summed E-state index contributed by atoms with van der Waals surface area (Å²) in [6.45, 7) is 7.30. The molecule has 0 aliphatic carbocycles. The third-order valence-corrected chi connectivity index (χ3v) is 7.46. The maximum absolute atomic E-state index is 14.2. The number of nitrogens with zero attached hydrogens (tertiary/aromatic N) is 4. The van der Waals surface area contributed by atoms with Gasteiger partial charge in [-0.15, -0.1) is 0 Å². The summed E-state index contributed by atoms with van der Waals surface area (Å²) in [4.78, 5) is 23.3. The smallest absolute Gasteiger partial charge is 0.266 e. The molecule has 186 valence electrons. The number of hydrogen-bond donors (Lipinski definition) is 2. The highest BCUT2D eigenvalue weighted by molar-refractivity contribution is 6.33. The molecule has 0 radical (unpaired) electrons. The quantitative estimate of drug-likeness (QED) is 0.348. The Labute approximate surface area is 211 Å². The van der Waals surface area contributed by atoms with Crippen molar-refractivity contribution in [2.24, 2.45) is 5.84 Å². The lowest BCUT2D eigenvalue weighted by atomic mass is 9.97. The van der Waals surface area contributed by atoms with Gasteiger partial charge in [0, 0.05) is 56.5 Å². The maximum atomic E-state index is 14.2. The van der Waals surface area contributed by atoms with Crippen LogP contribution in [0.2, 0.25) is 10.0 Å². The van der Waals surface area contributed by atoms with Crippen LogP contribution in [0.4, 0.5) is 10.2 Å². The number of piperazine rings is 1. The average molecular weight is 511 g/mol. The van der Waals surface area contributed by atoms with E-state index in [1.54, 1.807) is 18.2 Å². The van der Waals surface area contributed by atoms with Gasteiger partial charge in [-0.2, -0.15) is 0 Å². The van der Waals surface area contributed by atoms with Gasteiger partial charge in [0.15, 0.2) is 0 Å². The lowest BCUT2D eigenvalue weighted by molar-refractivity contribution is 0.0607. The maximum Gasteiger partial charge on any atom is 0.266 e. The van der Waals surface area contributed by atoms with Crippen LogP contribution in [0.15, 0.2) is 30.5 Å². The zero-order chi connectivity index (χ0) is 24.2. The molecule has 1 aromatic carbocycles. The number of hydrogen-bond acceptors (Lipinski definition) is 6. The van der Waals surface area contributed by atoms with Crippen LogP contribution in [0.3, 0.4) is 0 Å². The third-order valence-electron chi connectivity index (χ3n) is 6.95. The summed E-state index contributed by atoms with van der Waals surface area (Å²) in [7, 11) is 0. The molecule has 34 heavy (non-hydrogen) atoms. The van der Waals surface area contributed by atoms with Crippen LogP contribution >= 0.6 is 23.2 Å². The van der Waals surface area contributed by atoms with Crippen molar-refractivity contribution in [3.63, 3.8) is 0 Å². The minimum absolute atomic E-state index is 0. The van der Waals surface area contributed by atoms with Gasteiger partial charge in [-0.05, 0) is 50.6 Å². The zero-order valence-electron chi connectivity index (χ0n) is 19.3. The Morgan fingerprint density at radius 3 is 2.65 bits per heavy atom. The number of carbonyl (C=O) groups excluding carboxylic acids is 1. The normalized spacial score (nSPS) is 20.5. The van der Waals surface area contributed by atoms with Gasteiger partial charge in [-0.3, -0.25) is 20.0 Å². The van der Waals surface area contributed by atoms with Crippen LogP contribution in [0.1, 0.15) is 43.5 Å². The molecule has 1 aromatic heterocycles. The first kappa shape index (κ1) is 25.1. The van der Waals surface area contributed by atoms with Crippen LogP contribution in [0, 0.1) is 5.82 Å². The first-order chi connectivity index (χ1) is 16.4. The van der Waals surface area contributed by atoms with Crippen molar-refractivity contribution in [1.82, 2.24) is 20.2 Å². The molecule has 2 aliphatic heterocycles. The molecule has 2 aromatic rings. The summed E-state index contributed by atoms with van der Waals surface area (Å²) in [6.07, 6.45) is 4.66. The second-order valence-corrected chi connectivity index (χ2v) is 9.84. The van der Waals surface area contributed by atoms with Gasteiger partial charge in [-0.1, -0.05) is 36.2 Å². The Kier molecular flexibility index (Phi) is 8.26. The number of nitrogen functional groups attached to an aromatic ring is 1. The lowest BCUT2D eigenvalue weighted by Gasteiger charge is -2.47. The number of halogens is 3. The van der Waals surface area contributed by atoms with Crippen LogP contribution in [-0.2, 0) is 6.54 Å². The number of benzene rings is 1. The number of rotatable bonds is 6. The number of carbonyl (C=O) groups is 1. The molecule has 0 spiro atoms. The average Bonchev–Trinajstić information content (AvgIpc) is 2.85. The number of nitrogens with one attached hydrogen (secondary N) is 1. The van der Waals surface area contributed by atoms with Crippen LogP contribution in [-0.4, -0.2) is 65.5 Å². The molecule has 0 bridgehead atoms. The molecule has 7 nitrogen and oxygen atoms in total. The van der Waals surface area contributed by atoms with Gasteiger partial charge in [0.05, 0.1) is 10.6 Å². The first-order valence-corrected chi connectivity index (χ1v) is 12.5. The van der Waals surface area contributed by atoms with E-state index in [-0.39, 0.29) is 7.24 Å². The van der Waals surface area contributed by atoms with Crippen molar-refractivity contribution in [2.75, 3.05) is 37.6 Å². The molecule has 10 heteroatoms. The van der Waals surface area contributed by atoms with Crippen molar-refractivity contribution >= 4 is 34.9 Å². The molecule has 3 N–H and O–H groups in total. The van der Waals surface area contributed by atoms with E-state index in [1.165, 1.54) is 12.3 Å². The van der Waals surface area contributed by atoms with E-state index < -0.39 is 5.91 Å². The van der Waals surface area contributed by atoms with Crippen molar-refractivity contribution < 1.29 is 10.6 Å². The summed E-state index contributed by atoms with van der Waals surface area (Å²) in [6, 6.07) is 7.43. The summed E-state index contributed by atoms with van der Waals surface area (Å²) in [5, 5.41) is 0.880. The fourth-order valence-electron chi connectivity index (χ4n) is 5.08. The molecule has 2 fully saturated rings. The van der Waals surface area contributed by atoms with Crippen molar-refractivity contribution in [2.45, 2.75) is 44.8 Å². The zero-order valence-corrected chi connectivity index (χ0v) is 20.8. The van der Waals surface area contributed by atoms with Gasteiger partial charge in [-0.25, -0.2) is 15.2 Å². The number of piperidine rings is 1. The standard InChI is InChI=1S/C24H31Cl2FN6O.H2/c1-2-19-15-32(23-21(26)11-17(13-29-23)24(34)30-28)9-10-33(19)20-5-7-31(8-6-20)14-16-3-4-18(25)12-22(16)27;/h3-4,11-13,19-20H,2,5-10,14-15,28H2,1H3,(H,30,34);1H/t19-;/m0./s1. The Morgan fingerprint density at radius 1 is 1.24 bits per heavy atom. The number of pyridine rings is 1. The molecule has 4 rings (SSSR count). The molecule has 3 heterocycles. The summed E-state index contributed by atoms with van der Waals surface area (Å²) >= 11 is 12.3. The number of amides is 1. The highest BCUT2D eigenvalue weighted by Gasteiger charge is 2.34. The van der Waals surface area contributed by atoms with Gasteiger partial charge >= 0.3 is 0 Å². The number of anilines is 1. The van der Waals surface area contributed by atoms with E-state index in [0.29, 0.717) is 45.6 Å². The third kappa shape index (κ3) is 5.63. The molecule has 1 amide bonds. The predicted octanol–water partition coefficient (Wildman–Crippen LogP) is 3.94. The Balaban J connectivity index is 0.00000342. The van der Waals surface area contributed by atoms with Gasteiger partial charge in [0.25, 0.3) is 5.91 Å². The van der Waals surface area contributed by atoms with Crippen LogP contribution in [0.25, 0.3) is 0 Å². The van der Waals surface area contributed by atoms with Crippen LogP contribution < -0.4 is 16.2 Å². The molecular formula is C24H33Cl2FN6O. The van der Waals surface area contributed by atoms with E-state index in [4.69, 9.17) is 29.0 Å². The molecule has 0 saturated carbocycles. The summed E-state index contributed by atoms with van der Waals surface area (Å²) in [5.74, 6) is 5.26. The van der Waals surface area contributed by atoms with Gasteiger partial charge < -0.3 is 4.90 Å². The second-order valence-electron chi connectivity index (χ2n) is 8.99. The summed E-state index contributed by atoms with van der Waals surface area (Å²) < 4.78 is 14.2. The topological polar surface area (TPSA) is 77.7 Å². The number of hydrazine groups is 1. The highest BCUT2D eigenvalue weighted by atomic mass is 35.5. The molecule has 2 saturated heterocycles. The lowest BCUT2D eigenvalue weighted by Crippen LogP contribution is -2.58. The van der Waals surface area contributed by atoms with Crippen LogP contribution in [0.5, 0.6) is 0 Å². The fraction of sp³-hybridized carbons (Fsp3) is 0.500. The molecule has 1 atom stereocenters. The Hall–Kier alpha value is -1.97. The van der Waals surface area contributed by atoms with E-state index in [9.17, 15) is 9.18 Å². The van der Waals surface area contributed by atoms with Gasteiger partial charge in [0.1, 0.15) is 11.6 Å². The van der Waals surface area contributed by atoms with E-state index >= 15 is 0 Å². The predicted molar refractivity (Wildman–Crippen MR) is 136 cm³/mol. The second kappa shape index (κ2) is 11.2. The van der Waals surface area contributed by atoms with E-state index in [1.807, 2.05) is 0 Å². The van der Waals surface area contributed by atoms with Gasteiger partial charge in [0.2, 0.25) is 0 Å². The minimum atomic E-state index is -0.414. The number of likely N-dealkylation sites (tertiary alicyclic amines) is 1. The SMILES string of the molecule is CC[C@H]1CN(c2ncc(C(=O)NN)cc2Cl)CCN1C1CCN(Cc2ccc(Cl)cc2F)CC1.[HH]. The number of nitrogens with two attached hydrogens (primary N) is 1. The van der Waals surface area contributed by atoms with E-state index in [2.05, 4.69) is 32.0 Å². The summed E-state index contributed by atoms with van der Waals surface area (Å²) in [5.41, 5.74) is 3.14. The fourth-order valence-corrected chi connectivity index (χ4v) is 5.52. The highest BCUT2D eigenvalue weighted by Crippen LogP contribution is 2.30. The Bertz CT molecular complexity index is 1020.